The van der Waals surface area contributed by atoms with Crippen molar-refractivity contribution < 1.29 is 19.1 Å². The highest BCUT2D eigenvalue weighted by atomic mass is 16.5. The van der Waals surface area contributed by atoms with E-state index in [0.717, 1.165) is 12.8 Å². The second-order valence-electron chi connectivity index (χ2n) is 5.37. The minimum atomic E-state index is -0.716. The SMILES string of the molecule is COc1ccc(NC(=O)C(=O)NCCCc2ccccc2)cc1OC. The molecule has 25 heavy (non-hydrogen) atoms. The maximum atomic E-state index is 11.9. The highest BCUT2D eigenvalue weighted by molar-refractivity contribution is 6.39. The van der Waals surface area contributed by atoms with Gasteiger partial charge in [-0.05, 0) is 30.5 Å². The molecule has 0 radical (unpaired) electrons. The Kier molecular flexibility index (Phi) is 6.83. The number of aryl methyl sites for hydroxylation is 1. The van der Waals surface area contributed by atoms with E-state index in [1.54, 1.807) is 18.2 Å². The van der Waals surface area contributed by atoms with E-state index in [1.807, 2.05) is 30.3 Å². The van der Waals surface area contributed by atoms with Crippen LogP contribution in [-0.4, -0.2) is 32.6 Å². The van der Waals surface area contributed by atoms with Crippen molar-refractivity contribution in [3.63, 3.8) is 0 Å². The van der Waals surface area contributed by atoms with Crippen LogP contribution >= 0.6 is 0 Å². The number of hydrogen-bond acceptors (Lipinski definition) is 4. The molecule has 0 aliphatic heterocycles. The van der Waals surface area contributed by atoms with Crippen LogP contribution in [0, 0.1) is 0 Å². The molecule has 0 bridgehead atoms. The number of methoxy groups -OCH3 is 2. The second-order valence-corrected chi connectivity index (χ2v) is 5.37. The van der Waals surface area contributed by atoms with Crippen molar-refractivity contribution in [3.8, 4) is 11.5 Å². The van der Waals surface area contributed by atoms with Crippen molar-refractivity contribution >= 4 is 17.5 Å². The number of hydrogen-bond donors (Lipinski definition) is 2. The molecule has 132 valence electrons. The van der Waals surface area contributed by atoms with Gasteiger partial charge < -0.3 is 20.1 Å². The Balaban J connectivity index is 1.79. The molecule has 0 heterocycles. The van der Waals surface area contributed by atoms with Crippen molar-refractivity contribution in [2.24, 2.45) is 0 Å². The molecule has 0 unspecified atom stereocenters. The summed E-state index contributed by atoms with van der Waals surface area (Å²) >= 11 is 0. The number of anilines is 1. The van der Waals surface area contributed by atoms with E-state index < -0.39 is 11.8 Å². The van der Waals surface area contributed by atoms with Crippen LogP contribution in [0.25, 0.3) is 0 Å². The van der Waals surface area contributed by atoms with E-state index in [9.17, 15) is 9.59 Å². The van der Waals surface area contributed by atoms with Crippen LogP contribution in [0.2, 0.25) is 0 Å². The molecule has 0 aliphatic carbocycles. The predicted octanol–water partition coefficient (Wildman–Crippen LogP) is 2.39. The van der Waals surface area contributed by atoms with Crippen LogP contribution in [0.4, 0.5) is 5.69 Å². The van der Waals surface area contributed by atoms with Crippen LogP contribution in [0.5, 0.6) is 11.5 Å². The Labute approximate surface area is 147 Å². The predicted molar refractivity (Wildman–Crippen MR) is 95.9 cm³/mol. The number of ether oxygens (including phenoxy) is 2. The summed E-state index contributed by atoms with van der Waals surface area (Å²) in [4.78, 5) is 23.8. The zero-order chi connectivity index (χ0) is 18.1. The number of amides is 2. The summed E-state index contributed by atoms with van der Waals surface area (Å²) in [5.41, 5.74) is 1.66. The van der Waals surface area contributed by atoms with Gasteiger partial charge in [-0.3, -0.25) is 9.59 Å². The van der Waals surface area contributed by atoms with Gasteiger partial charge in [0.1, 0.15) is 0 Å². The smallest absolute Gasteiger partial charge is 0.313 e. The summed E-state index contributed by atoms with van der Waals surface area (Å²) in [6.45, 7) is 0.438. The van der Waals surface area contributed by atoms with Gasteiger partial charge in [0.25, 0.3) is 0 Å². The lowest BCUT2D eigenvalue weighted by atomic mass is 10.1. The van der Waals surface area contributed by atoms with E-state index in [0.29, 0.717) is 23.7 Å². The Morgan fingerprint density at radius 3 is 2.32 bits per heavy atom. The maximum absolute atomic E-state index is 11.9. The molecule has 0 aliphatic rings. The number of benzene rings is 2. The fourth-order valence-corrected chi connectivity index (χ4v) is 2.32. The average molecular weight is 342 g/mol. The third kappa shape index (κ3) is 5.53. The van der Waals surface area contributed by atoms with E-state index in [2.05, 4.69) is 10.6 Å². The van der Waals surface area contributed by atoms with Crippen LogP contribution < -0.4 is 20.1 Å². The van der Waals surface area contributed by atoms with Gasteiger partial charge in [0, 0.05) is 18.3 Å². The number of carbonyl (C=O) groups is 2. The average Bonchev–Trinajstić information content (AvgIpc) is 2.65. The molecule has 0 spiro atoms. The van der Waals surface area contributed by atoms with Crippen molar-refractivity contribution in [1.29, 1.82) is 0 Å². The molecular formula is C19H22N2O4. The summed E-state index contributed by atoms with van der Waals surface area (Å²) < 4.78 is 10.3. The monoisotopic (exact) mass is 342 g/mol. The lowest BCUT2D eigenvalue weighted by Gasteiger charge is -2.10. The van der Waals surface area contributed by atoms with Gasteiger partial charge >= 0.3 is 11.8 Å². The quantitative estimate of drug-likeness (QED) is 0.598. The first kappa shape index (κ1) is 18.3. The van der Waals surface area contributed by atoms with Gasteiger partial charge in [0.15, 0.2) is 11.5 Å². The molecule has 2 aromatic carbocycles. The highest BCUT2D eigenvalue weighted by Gasteiger charge is 2.14. The minimum absolute atomic E-state index is 0.438. The molecule has 6 heteroatoms. The molecule has 2 aromatic rings. The van der Waals surface area contributed by atoms with Crippen molar-refractivity contribution in [1.82, 2.24) is 5.32 Å². The van der Waals surface area contributed by atoms with Gasteiger partial charge in [-0.25, -0.2) is 0 Å². The standard InChI is InChI=1S/C19H22N2O4/c1-24-16-11-10-15(13-17(16)25-2)21-19(23)18(22)20-12-6-9-14-7-4-3-5-8-14/h3-5,7-8,10-11,13H,6,9,12H2,1-2H3,(H,20,22)(H,21,23). The minimum Gasteiger partial charge on any atom is -0.493 e. The van der Waals surface area contributed by atoms with Crippen LogP contribution in [-0.2, 0) is 16.0 Å². The van der Waals surface area contributed by atoms with Crippen LogP contribution in [0.1, 0.15) is 12.0 Å². The lowest BCUT2D eigenvalue weighted by Crippen LogP contribution is -2.36. The van der Waals surface area contributed by atoms with Crippen LogP contribution in [0.3, 0.4) is 0 Å². The topological polar surface area (TPSA) is 76.7 Å². The first-order valence-electron chi connectivity index (χ1n) is 7.99. The Hall–Kier alpha value is -3.02. The molecule has 2 amide bonds. The Morgan fingerprint density at radius 2 is 1.64 bits per heavy atom. The highest BCUT2D eigenvalue weighted by Crippen LogP contribution is 2.29. The normalized spacial score (nSPS) is 10.0. The first-order valence-corrected chi connectivity index (χ1v) is 7.99. The zero-order valence-corrected chi connectivity index (χ0v) is 14.4. The van der Waals surface area contributed by atoms with E-state index >= 15 is 0 Å². The number of rotatable bonds is 7. The summed E-state index contributed by atoms with van der Waals surface area (Å²) in [6, 6.07) is 14.9. The molecule has 2 rings (SSSR count). The van der Waals surface area contributed by atoms with Crippen molar-refractivity contribution in [2.45, 2.75) is 12.8 Å². The molecular weight excluding hydrogens is 320 g/mol. The second kappa shape index (κ2) is 9.32. The van der Waals surface area contributed by atoms with Gasteiger partial charge in [0.05, 0.1) is 14.2 Å². The van der Waals surface area contributed by atoms with E-state index in [4.69, 9.17) is 9.47 Å². The summed E-state index contributed by atoms with van der Waals surface area (Å²) in [6.07, 6.45) is 1.61. The fraction of sp³-hybridized carbons (Fsp3) is 0.263. The Bertz CT molecular complexity index is 717. The summed E-state index contributed by atoms with van der Waals surface area (Å²) in [7, 11) is 3.03. The fourth-order valence-electron chi connectivity index (χ4n) is 2.32. The molecule has 0 fully saturated rings. The molecule has 0 atom stereocenters. The number of nitrogens with one attached hydrogen (secondary N) is 2. The third-order valence-electron chi connectivity index (χ3n) is 3.62. The first-order chi connectivity index (χ1) is 12.1. The van der Waals surface area contributed by atoms with Crippen molar-refractivity contribution in [2.75, 3.05) is 26.1 Å². The van der Waals surface area contributed by atoms with E-state index in [-0.39, 0.29) is 0 Å². The summed E-state index contributed by atoms with van der Waals surface area (Å²) in [5.74, 6) is -0.357. The lowest BCUT2D eigenvalue weighted by molar-refractivity contribution is -0.136. The van der Waals surface area contributed by atoms with Gasteiger partial charge in [-0.1, -0.05) is 30.3 Å². The molecule has 0 saturated carbocycles. The van der Waals surface area contributed by atoms with Gasteiger partial charge in [-0.2, -0.15) is 0 Å². The van der Waals surface area contributed by atoms with Gasteiger partial charge in [0.2, 0.25) is 0 Å². The third-order valence-corrected chi connectivity index (χ3v) is 3.62. The van der Waals surface area contributed by atoms with E-state index in [1.165, 1.54) is 19.8 Å². The maximum Gasteiger partial charge on any atom is 0.313 e. The molecule has 0 saturated heterocycles. The zero-order valence-electron chi connectivity index (χ0n) is 14.4. The number of carbonyl (C=O) groups excluding carboxylic acids is 2. The summed E-state index contributed by atoms with van der Waals surface area (Å²) in [5, 5.41) is 5.16. The van der Waals surface area contributed by atoms with Crippen molar-refractivity contribution in [3.05, 3.63) is 54.1 Å². The Morgan fingerprint density at radius 1 is 0.920 bits per heavy atom. The largest absolute Gasteiger partial charge is 0.493 e. The van der Waals surface area contributed by atoms with Gasteiger partial charge in [-0.15, -0.1) is 0 Å². The van der Waals surface area contributed by atoms with Crippen LogP contribution in [0.15, 0.2) is 48.5 Å². The molecule has 6 nitrogen and oxygen atoms in total. The molecule has 0 aromatic heterocycles. The molecule has 2 N–H and O–H groups in total.